The molecule has 0 saturated heterocycles. The van der Waals surface area contributed by atoms with Gasteiger partial charge >= 0.3 is 5.97 Å². The number of benzene rings is 2. The van der Waals surface area contributed by atoms with Crippen molar-refractivity contribution in [3.8, 4) is 11.1 Å². The fraction of sp³-hybridized carbons (Fsp3) is 0.0556. The molecule has 0 bridgehead atoms. The van der Waals surface area contributed by atoms with Gasteiger partial charge in [-0.05, 0) is 29.7 Å². The van der Waals surface area contributed by atoms with Gasteiger partial charge in [0.15, 0.2) is 0 Å². The molecule has 24 heavy (non-hydrogen) atoms. The molecule has 0 atom stereocenters. The summed E-state index contributed by atoms with van der Waals surface area (Å²) < 4.78 is 1.50. The highest BCUT2D eigenvalue weighted by molar-refractivity contribution is 5.96. The van der Waals surface area contributed by atoms with Crippen LogP contribution in [0.5, 0.6) is 0 Å². The van der Waals surface area contributed by atoms with E-state index in [0.717, 1.165) is 16.8 Å². The lowest BCUT2D eigenvalue weighted by molar-refractivity contribution is 0.0697. The molecule has 3 aromatic rings. The lowest BCUT2D eigenvalue weighted by Gasteiger charge is -2.06. The van der Waals surface area contributed by atoms with Gasteiger partial charge in [0.2, 0.25) is 5.95 Å². The average molecular weight is 320 g/mol. The van der Waals surface area contributed by atoms with Crippen LogP contribution in [-0.4, -0.2) is 27.0 Å². The van der Waals surface area contributed by atoms with Crippen LogP contribution in [0.3, 0.4) is 0 Å². The molecule has 0 aliphatic heterocycles. The zero-order chi connectivity index (χ0) is 17.1. The van der Waals surface area contributed by atoms with Gasteiger partial charge in [-0.15, -0.1) is 0 Å². The molecular formula is C18H16N4O2. The summed E-state index contributed by atoms with van der Waals surface area (Å²) in [5, 5.41) is 13.5. The van der Waals surface area contributed by atoms with Gasteiger partial charge in [0, 0.05) is 0 Å². The minimum Gasteiger partial charge on any atom is -0.478 e. The van der Waals surface area contributed by atoms with E-state index >= 15 is 0 Å². The summed E-state index contributed by atoms with van der Waals surface area (Å²) in [4.78, 5) is 15.4. The molecule has 0 fully saturated rings. The SMILES string of the molecule is Cc1cn(N=Cc2ccc(-c3ccccc3C(=O)O)cc2)c(N)n1. The number of anilines is 1. The van der Waals surface area contributed by atoms with Gasteiger partial charge in [-0.1, -0.05) is 42.5 Å². The number of carboxylic acids is 1. The highest BCUT2D eigenvalue weighted by Crippen LogP contribution is 2.23. The molecule has 120 valence electrons. The molecule has 2 aromatic carbocycles. The number of carboxylic acid groups (broad SMARTS) is 1. The van der Waals surface area contributed by atoms with Crippen LogP contribution in [0.15, 0.2) is 59.8 Å². The lowest BCUT2D eigenvalue weighted by Crippen LogP contribution is -1.99. The van der Waals surface area contributed by atoms with Crippen molar-refractivity contribution in [2.24, 2.45) is 5.10 Å². The number of carbonyl (C=O) groups is 1. The number of nitrogens with two attached hydrogens (primary N) is 1. The first kappa shape index (κ1) is 15.5. The van der Waals surface area contributed by atoms with Gasteiger partial charge in [-0.25, -0.2) is 14.5 Å². The Kier molecular flexibility index (Phi) is 4.11. The van der Waals surface area contributed by atoms with Gasteiger partial charge < -0.3 is 10.8 Å². The molecule has 1 aromatic heterocycles. The van der Waals surface area contributed by atoms with Gasteiger partial charge in [0.1, 0.15) is 0 Å². The van der Waals surface area contributed by atoms with Crippen molar-refractivity contribution in [2.45, 2.75) is 6.92 Å². The third-order valence-corrected chi connectivity index (χ3v) is 3.55. The highest BCUT2D eigenvalue weighted by Gasteiger charge is 2.10. The third kappa shape index (κ3) is 3.17. The van der Waals surface area contributed by atoms with E-state index in [1.54, 1.807) is 30.6 Å². The van der Waals surface area contributed by atoms with Crippen molar-refractivity contribution in [1.29, 1.82) is 0 Å². The van der Waals surface area contributed by atoms with Crippen LogP contribution in [0.1, 0.15) is 21.6 Å². The van der Waals surface area contributed by atoms with Gasteiger partial charge in [0.05, 0.1) is 23.7 Å². The Morgan fingerprint density at radius 2 is 1.92 bits per heavy atom. The van der Waals surface area contributed by atoms with Gasteiger partial charge in [-0.2, -0.15) is 5.10 Å². The van der Waals surface area contributed by atoms with E-state index in [-0.39, 0.29) is 5.56 Å². The topological polar surface area (TPSA) is 93.5 Å². The Morgan fingerprint density at radius 1 is 1.21 bits per heavy atom. The second kappa shape index (κ2) is 6.37. The summed E-state index contributed by atoms with van der Waals surface area (Å²) >= 11 is 0. The van der Waals surface area contributed by atoms with Crippen molar-refractivity contribution < 1.29 is 9.90 Å². The number of rotatable bonds is 4. The maximum atomic E-state index is 11.3. The Labute approximate surface area is 138 Å². The van der Waals surface area contributed by atoms with Crippen LogP contribution >= 0.6 is 0 Å². The zero-order valence-corrected chi connectivity index (χ0v) is 13.0. The number of hydrogen-bond donors (Lipinski definition) is 2. The van der Waals surface area contributed by atoms with E-state index in [4.69, 9.17) is 5.73 Å². The standard InChI is InChI=1S/C18H16N4O2/c1-12-11-22(18(19)21-12)20-10-13-6-8-14(9-7-13)15-4-2-3-5-16(15)17(23)24/h2-11H,1H3,(H2,19,21)(H,23,24). The van der Waals surface area contributed by atoms with Crippen molar-refractivity contribution in [3.63, 3.8) is 0 Å². The molecule has 0 saturated carbocycles. The number of aromatic carboxylic acids is 1. The third-order valence-electron chi connectivity index (χ3n) is 3.55. The quantitative estimate of drug-likeness (QED) is 0.723. The predicted octanol–water partition coefficient (Wildman–Crippen LogP) is 3.02. The fourth-order valence-corrected chi connectivity index (χ4v) is 2.40. The molecule has 0 aliphatic carbocycles. The van der Waals surface area contributed by atoms with Crippen molar-refractivity contribution >= 4 is 18.1 Å². The Bertz CT molecular complexity index is 911. The molecule has 6 nitrogen and oxygen atoms in total. The van der Waals surface area contributed by atoms with E-state index in [1.807, 2.05) is 37.3 Å². The monoisotopic (exact) mass is 320 g/mol. The molecule has 0 unspecified atom stereocenters. The number of nitrogen functional groups attached to an aromatic ring is 1. The summed E-state index contributed by atoms with van der Waals surface area (Å²) in [7, 11) is 0. The van der Waals surface area contributed by atoms with Crippen LogP contribution in [0.4, 0.5) is 5.95 Å². The number of aryl methyl sites for hydroxylation is 1. The molecule has 3 N–H and O–H groups in total. The summed E-state index contributed by atoms with van der Waals surface area (Å²) in [6.45, 7) is 1.84. The van der Waals surface area contributed by atoms with Gasteiger partial charge in [0.25, 0.3) is 0 Å². The first-order chi connectivity index (χ1) is 11.5. The number of nitrogens with zero attached hydrogens (tertiary/aromatic N) is 3. The molecule has 0 amide bonds. The van der Waals surface area contributed by atoms with Crippen LogP contribution in [0.2, 0.25) is 0 Å². The molecule has 0 aliphatic rings. The predicted molar refractivity (Wildman–Crippen MR) is 93.2 cm³/mol. The van der Waals surface area contributed by atoms with Crippen LogP contribution in [-0.2, 0) is 0 Å². The molecule has 0 radical (unpaired) electrons. The lowest BCUT2D eigenvalue weighted by atomic mass is 9.99. The minimum atomic E-state index is -0.942. The average Bonchev–Trinajstić information content (AvgIpc) is 2.91. The summed E-state index contributed by atoms with van der Waals surface area (Å²) in [5.41, 5.74) is 9.20. The van der Waals surface area contributed by atoms with E-state index < -0.39 is 5.97 Å². The largest absolute Gasteiger partial charge is 0.478 e. The van der Waals surface area contributed by atoms with E-state index in [2.05, 4.69) is 10.1 Å². The fourth-order valence-electron chi connectivity index (χ4n) is 2.40. The Morgan fingerprint density at radius 3 is 2.54 bits per heavy atom. The molecule has 6 heteroatoms. The number of hydrogen-bond acceptors (Lipinski definition) is 4. The van der Waals surface area contributed by atoms with Crippen molar-refractivity contribution in [1.82, 2.24) is 9.66 Å². The summed E-state index contributed by atoms with van der Waals surface area (Å²) in [6.07, 6.45) is 3.41. The maximum absolute atomic E-state index is 11.3. The smallest absolute Gasteiger partial charge is 0.336 e. The second-order valence-corrected chi connectivity index (χ2v) is 5.30. The molecule has 3 rings (SSSR count). The van der Waals surface area contributed by atoms with Gasteiger partial charge in [-0.3, -0.25) is 0 Å². The molecular weight excluding hydrogens is 304 g/mol. The normalized spacial score (nSPS) is 11.0. The Hall–Kier alpha value is -3.41. The maximum Gasteiger partial charge on any atom is 0.336 e. The summed E-state index contributed by atoms with van der Waals surface area (Å²) in [5.74, 6) is -0.613. The minimum absolute atomic E-state index is 0.278. The molecule has 0 spiro atoms. The van der Waals surface area contributed by atoms with Crippen LogP contribution in [0.25, 0.3) is 11.1 Å². The molecule has 1 heterocycles. The number of imidazole rings is 1. The first-order valence-corrected chi connectivity index (χ1v) is 7.33. The Balaban J connectivity index is 1.86. The first-order valence-electron chi connectivity index (χ1n) is 7.33. The highest BCUT2D eigenvalue weighted by atomic mass is 16.4. The van der Waals surface area contributed by atoms with Crippen LogP contribution in [0, 0.1) is 6.92 Å². The van der Waals surface area contributed by atoms with E-state index in [9.17, 15) is 9.90 Å². The van der Waals surface area contributed by atoms with E-state index in [0.29, 0.717) is 11.5 Å². The van der Waals surface area contributed by atoms with E-state index in [1.165, 1.54) is 4.68 Å². The number of aromatic nitrogens is 2. The zero-order valence-electron chi connectivity index (χ0n) is 13.0. The summed E-state index contributed by atoms with van der Waals surface area (Å²) in [6, 6.07) is 14.4. The second-order valence-electron chi connectivity index (χ2n) is 5.30. The van der Waals surface area contributed by atoms with Crippen molar-refractivity contribution in [3.05, 3.63) is 71.5 Å². The van der Waals surface area contributed by atoms with Crippen molar-refractivity contribution in [2.75, 3.05) is 5.73 Å². The van der Waals surface area contributed by atoms with Crippen LogP contribution < -0.4 is 5.73 Å².